The smallest absolute Gasteiger partial charge is 0.261 e. The van der Waals surface area contributed by atoms with Gasteiger partial charge in [-0.3, -0.25) is 9.78 Å². The summed E-state index contributed by atoms with van der Waals surface area (Å²) in [7, 11) is -3.95. The molecule has 190 valence electrons. The molecule has 3 aromatic rings. The number of hydrogen-bond acceptors (Lipinski definition) is 8. The number of aromatic hydroxyl groups is 1. The molecule has 1 aromatic heterocycles. The third kappa shape index (κ3) is 4.45. The predicted octanol–water partition coefficient (Wildman–Crippen LogP) is 2.98. The third-order valence-electron chi connectivity index (χ3n) is 6.51. The highest BCUT2D eigenvalue weighted by Crippen LogP contribution is 2.41. The lowest BCUT2D eigenvalue weighted by Gasteiger charge is -2.39. The average Bonchev–Trinajstić information content (AvgIpc) is 3.16. The van der Waals surface area contributed by atoms with Crippen LogP contribution in [0.5, 0.6) is 11.5 Å². The van der Waals surface area contributed by atoms with Gasteiger partial charge in [-0.2, -0.15) is 14.8 Å². The van der Waals surface area contributed by atoms with Crippen molar-refractivity contribution in [3.8, 4) is 23.6 Å². The van der Waals surface area contributed by atoms with E-state index in [9.17, 15) is 28.8 Å². The number of sulfonamides is 1. The molecule has 38 heavy (non-hydrogen) atoms. The van der Waals surface area contributed by atoms with Gasteiger partial charge in [0.2, 0.25) is 10.0 Å². The fourth-order valence-corrected chi connectivity index (χ4v) is 6.13. The molecule has 0 saturated carbocycles. The minimum Gasteiger partial charge on any atom is -0.508 e. The Labute approximate surface area is 219 Å². The van der Waals surface area contributed by atoms with Crippen molar-refractivity contribution in [2.24, 2.45) is 0 Å². The zero-order valence-corrected chi connectivity index (χ0v) is 20.8. The maximum atomic E-state index is 13.5. The van der Waals surface area contributed by atoms with Crippen LogP contribution < -0.4 is 9.64 Å². The normalized spacial score (nSPS) is 16.8. The van der Waals surface area contributed by atoms with Crippen molar-refractivity contribution < 1.29 is 23.1 Å². The summed E-state index contributed by atoms with van der Waals surface area (Å²) in [6.45, 7) is 0.579. The number of ether oxygens (including phenoxy) is 1. The number of allylic oxidation sites excluding steroid dienone is 1. The van der Waals surface area contributed by atoms with Gasteiger partial charge in [0.15, 0.2) is 0 Å². The molecule has 11 heteroatoms. The molecule has 1 amide bonds. The average molecular weight is 528 g/mol. The summed E-state index contributed by atoms with van der Waals surface area (Å²) < 4.78 is 34.1. The molecule has 0 bridgehead atoms. The highest BCUT2D eigenvalue weighted by atomic mass is 32.2. The summed E-state index contributed by atoms with van der Waals surface area (Å²) >= 11 is 0. The van der Waals surface area contributed by atoms with Gasteiger partial charge >= 0.3 is 0 Å². The van der Waals surface area contributed by atoms with Crippen molar-refractivity contribution in [1.82, 2.24) is 9.29 Å². The fraction of sp³-hybridized carbons (Fsp3) is 0.185. The lowest BCUT2D eigenvalue weighted by Crippen LogP contribution is -2.53. The van der Waals surface area contributed by atoms with E-state index in [4.69, 9.17) is 4.74 Å². The van der Waals surface area contributed by atoms with E-state index in [2.05, 4.69) is 4.98 Å². The molecule has 2 aliphatic rings. The Balaban J connectivity index is 1.47. The number of hydrogen-bond donors (Lipinski definition) is 1. The zero-order valence-electron chi connectivity index (χ0n) is 20.0. The zero-order chi connectivity index (χ0) is 26.9. The van der Waals surface area contributed by atoms with Crippen LogP contribution in [0.3, 0.4) is 0 Å². The summed E-state index contributed by atoms with van der Waals surface area (Å²) in [5.41, 5.74) is 0.760. The quantitative estimate of drug-likeness (QED) is 0.364. The van der Waals surface area contributed by atoms with Crippen LogP contribution >= 0.6 is 0 Å². The van der Waals surface area contributed by atoms with Gasteiger partial charge < -0.3 is 14.7 Å². The van der Waals surface area contributed by atoms with Crippen molar-refractivity contribution >= 4 is 27.2 Å². The molecule has 5 rings (SSSR count). The Morgan fingerprint density at radius 3 is 2.53 bits per heavy atom. The summed E-state index contributed by atoms with van der Waals surface area (Å²) in [4.78, 5) is 18.7. The molecule has 2 aliphatic heterocycles. The number of pyridine rings is 1. The molecule has 0 aliphatic carbocycles. The molecule has 1 N–H and O–H groups in total. The van der Waals surface area contributed by atoms with E-state index in [1.165, 1.54) is 39.5 Å². The number of nitriles is 2. The van der Waals surface area contributed by atoms with E-state index >= 15 is 0 Å². The van der Waals surface area contributed by atoms with E-state index < -0.39 is 21.5 Å². The SMILES string of the molecule is N#CC(C#N)=C1C(=O)N(Cc2ccc(O)cc2)c2ccc(S(=O)(=O)N3CC[C@H]3COc3cccnc3)cc21. The second kappa shape index (κ2) is 9.98. The fourth-order valence-electron chi connectivity index (χ4n) is 4.45. The van der Waals surface area contributed by atoms with Gasteiger partial charge in [0.05, 0.1) is 34.9 Å². The van der Waals surface area contributed by atoms with Gasteiger partial charge in [-0.25, -0.2) is 8.42 Å². The number of nitrogens with zero attached hydrogens (tertiary/aromatic N) is 5. The van der Waals surface area contributed by atoms with Gasteiger partial charge in [-0.1, -0.05) is 12.1 Å². The maximum Gasteiger partial charge on any atom is 0.261 e. The molecule has 1 saturated heterocycles. The third-order valence-corrected chi connectivity index (χ3v) is 8.46. The molecule has 0 unspecified atom stereocenters. The molecule has 1 fully saturated rings. The summed E-state index contributed by atoms with van der Waals surface area (Å²) in [5.74, 6) is 0.0351. The Bertz CT molecular complexity index is 1610. The molecule has 0 radical (unpaired) electrons. The van der Waals surface area contributed by atoms with Crippen LogP contribution in [0.4, 0.5) is 5.69 Å². The second-order valence-electron chi connectivity index (χ2n) is 8.77. The summed E-state index contributed by atoms with van der Waals surface area (Å²) in [6, 6.07) is 17.2. The highest BCUT2D eigenvalue weighted by molar-refractivity contribution is 7.89. The predicted molar refractivity (Wildman–Crippen MR) is 136 cm³/mol. The van der Waals surface area contributed by atoms with E-state index in [0.717, 1.165) is 0 Å². The van der Waals surface area contributed by atoms with E-state index in [1.54, 1.807) is 48.8 Å². The minimum atomic E-state index is -3.95. The van der Waals surface area contributed by atoms with Crippen LogP contribution in [0.15, 0.2) is 77.5 Å². The number of carbonyl (C=O) groups excluding carboxylic acids is 1. The maximum absolute atomic E-state index is 13.5. The Morgan fingerprint density at radius 2 is 1.89 bits per heavy atom. The molecular weight excluding hydrogens is 506 g/mol. The number of amides is 1. The first-order chi connectivity index (χ1) is 18.3. The van der Waals surface area contributed by atoms with Gasteiger partial charge in [-0.05, 0) is 54.4 Å². The number of rotatable bonds is 7. The molecule has 0 spiro atoms. The van der Waals surface area contributed by atoms with E-state index in [1.807, 2.05) is 0 Å². The van der Waals surface area contributed by atoms with Crippen molar-refractivity contribution in [2.75, 3.05) is 18.1 Å². The van der Waals surface area contributed by atoms with Gasteiger partial charge in [-0.15, -0.1) is 0 Å². The first-order valence-corrected chi connectivity index (χ1v) is 13.1. The number of benzene rings is 2. The Kier molecular flexibility index (Phi) is 6.55. The van der Waals surface area contributed by atoms with Gasteiger partial charge in [0.25, 0.3) is 5.91 Å². The van der Waals surface area contributed by atoms with Crippen molar-refractivity contribution in [1.29, 1.82) is 10.5 Å². The molecule has 2 aromatic carbocycles. The molecule has 3 heterocycles. The van der Waals surface area contributed by atoms with Crippen molar-refractivity contribution in [3.05, 3.63) is 83.7 Å². The van der Waals surface area contributed by atoms with Crippen LogP contribution in [-0.2, 0) is 21.4 Å². The van der Waals surface area contributed by atoms with Crippen LogP contribution in [-0.4, -0.2) is 47.9 Å². The summed E-state index contributed by atoms with van der Waals surface area (Å²) in [5, 5.41) is 28.6. The number of phenolic OH excluding ortho intramolecular Hbond substituents is 1. The van der Waals surface area contributed by atoms with E-state index in [0.29, 0.717) is 30.0 Å². The van der Waals surface area contributed by atoms with Crippen LogP contribution in [0.25, 0.3) is 5.57 Å². The van der Waals surface area contributed by atoms with Gasteiger partial charge in [0, 0.05) is 18.3 Å². The van der Waals surface area contributed by atoms with E-state index in [-0.39, 0.29) is 41.0 Å². The molecule has 10 nitrogen and oxygen atoms in total. The number of carbonyl (C=O) groups is 1. The van der Waals surface area contributed by atoms with Crippen LogP contribution in [0.1, 0.15) is 17.5 Å². The number of anilines is 1. The minimum absolute atomic E-state index is 0.0469. The lowest BCUT2D eigenvalue weighted by molar-refractivity contribution is -0.113. The number of fused-ring (bicyclic) bond motifs is 1. The van der Waals surface area contributed by atoms with Gasteiger partial charge in [0.1, 0.15) is 35.8 Å². The largest absolute Gasteiger partial charge is 0.508 e. The van der Waals surface area contributed by atoms with Crippen LogP contribution in [0.2, 0.25) is 0 Å². The highest BCUT2D eigenvalue weighted by Gasteiger charge is 2.41. The first kappa shape index (κ1) is 25.0. The first-order valence-electron chi connectivity index (χ1n) is 11.7. The molecule has 1 atom stereocenters. The lowest BCUT2D eigenvalue weighted by atomic mass is 10.0. The monoisotopic (exact) mass is 527 g/mol. The topological polar surface area (TPSA) is 148 Å². The van der Waals surface area contributed by atoms with Crippen molar-refractivity contribution in [3.63, 3.8) is 0 Å². The standard InChI is InChI=1S/C27H21N5O5S/c28-13-19(14-29)26-24-12-23(7-8-25(24)31(27(26)34)16-18-3-5-21(33)6-4-18)38(35,36)32-11-9-20(32)17-37-22-2-1-10-30-15-22/h1-8,10,12,15,20,33H,9,11,16-17H2/t20-/m0/s1. The second-order valence-corrected chi connectivity index (χ2v) is 10.7. The Hall–Kier alpha value is -4.71. The number of phenols is 1. The molecular formula is C27H21N5O5S. The number of aromatic nitrogens is 1. The Morgan fingerprint density at radius 1 is 1.13 bits per heavy atom. The van der Waals surface area contributed by atoms with Crippen molar-refractivity contribution in [2.45, 2.75) is 23.9 Å². The summed E-state index contributed by atoms with van der Waals surface area (Å²) in [6.07, 6.45) is 3.79. The van der Waals surface area contributed by atoms with Crippen LogP contribution in [0, 0.1) is 22.7 Å².